The minimum atomic E-state index is -0.264. The summed E-state index contributed by atoms with van der Waals surface area (Å²) < 4.78 is 10.8. The minimum absolute atomic E-state index is 0.201. The lowest BCUT2D eigenvalue weighted by Gasteiger charge is -2.12. The molecule has 2 aromatic rings. The molecule has 1 aromatic carbocycles. The van der Waals surface area contributed by atoms with E-state index in [2.05, 4.69) is 18.0 Å². The van der Waals surface area contributed by atoms with Crippen LogP contribution in [0.1, 0.15) is 43.5 Å². The van der Waals surface area contributed by atoms with Crippen molar-refractivity contribution in [2.75, 3.05) is 13.2 Å². The van der Waals surface area contributed by atoms with Gasteiger partial charge in [-0.05, 0) is 49.6 Å². The lowest BCUT2D eigenvalue weighted by Crippen LogP contribution is -2.12. The van der Waals surface area contributed by atoms with Gasteiger partial charge in [-0.15, -0.1) is 0 Å². The second kappa shape index (κ2) is 9.06. The van der Waals surface area contributed by atoms with Crippen molar-refractivity contribution in [1.29, 1.82) is 0 Å². The topological polar surface area (TPSA) is 48.4 Å². The van der Waals surface area contributed by atoms with Crippen molar-refractivity contribution in [2.45, 2.75) is 39.5 Å². The van der Waals surface area contributed by atoms with Gasteiger partial charge in [0.25, 0.3) is 0 Å². The molecule has 4 nitrogen and oxygen atoms in total. The molecule has 0 aliphatic carbocycles. The van der Waals surface area contributed by atoms with Gasteiger partial charge in [0.15, 0.2) is 0 Å². The van der Waals surface area contributed by atoms with Gasteiger partial charge in [-0.25, -0.2) is 0 Å². The van der Waals surface area contributed by atoms with E-state index < -0.39 is 0 Å². The summed E-state index contributed by atoms with van der Waals surface area (Å²) in [5.74, 6) is 0.327. The van der Waals surface area contributed by atoms with Crippen molar-refractivity contribution in [1.82, 2.24) is 4.98 Å². The zero-order valence-electron chi connectivity index (χ0n) is 14.6. The van der Waals surface area contributed by atoms with Crippen molar-refractivity contribution in [2.24, 2.45) is 0 Å². The molecule has 0 amide bonds. The van der Waals surface area contributed by atoms with Gasteiger partial charge in [-0.3, -0.25) is 9.78 Å². The van der Waals surface area contributed by atoms with Crippen LogP contribution in [0.3, 0.4) is 0 Å². The van der Waals surface area contributed by atoms with Crippen LogP contribution in [0.15, 0.2) is 42.6 Å². The van der Waals surface area contributed by atoms with Gasteiger partial charge in [0.05, 0.1) is 19.1 Å². The molecule has 1 unspecified atom stereocenters. The number of pyridine rings is 1. The molecule has 0 fully saturated rings. The molecule has 0 aliphatic rings. The molecule has 1 heterocycles. The van der Waals surface area contributed by atoms with Crippen molar-refractivity contribution < 1.29 is 14.3 Å². The third-order valence-corrected chi connectivity index (χ3v) is 3.94. The zero-order chi connectivity index (χ0) is 17.4. The van der Waals surface area contributed by atoms with E-state index in [9.17, 15) is 4.79 Å². The molecule has 0 saturated carbocycles. The predicted octanol–water partition coefficient (Wildman–Crippen LogP) is 3.93. The SMILES string of the molecule is CCOC(=O)C(C)c1ccc(OCCc2ccc(CC)cn2)cc1. The minimum Gasteiger partial charge on any atom is -0.493 e. The van der Waals surface area contributed by atoms with Crippen LogP contribution in [0.5, 0.6) is 5.75 Å². The first-order chi connectivity index (χ1) is 11.6. The fourth-order valence-electron chi connectivity index (χ4n) is 2.34. The van der Waals surface area contributed by atoms with E-state index >= 15 is 0 Å². The van der Waals surface area contributed by atoms with Gasteiger partial charge in [-0.2, -0.15) is 0 Å². The van der Waals surface area contributed by atoms with Crippen LogP contribution in [-0.2, 0) is 22.4 Å². The van der Waals surface area contributed by atoms with E-state index in [4.69, 9.17) is 9.47 Å². The molecule has 0 saturated heterocycles. The van der Waals surface area contributed by atoms with E-state index in [1.807, 2.05) is 50.4 Å². The van der Waals surface area contributed by atoms with E-state index in [-0.39, 0.29) is 11.9 Å². The van der Waals surface area contributed by atoms with Crippen molar-refractivity contribution >= 4 is 5.97 Å². The number of ether oxygens (including phenoxy) is 2. The number of rotatable bonds is 8. The van der Waals surface area contributed by atoms with Gasteiger partial charge in [0.2, 0.25) is 0 Å². The summed E-state index contributed by atoms with van der Waals surface area (Å²) in [6.07, 6.45) is 3.69. The normalized spacial score (nSPS) is 11.8. The standard InChI is InChI=1S/C20H25NO3/c1-4-16-6-9-18(21-14-16)12-13-24-19-10-7-17(8-11-19)15(3)20(22)23-5-2/h6-11,14-15H,4-5,12-13H2,1-3H3. The second-order valence-electron chi connectivity index (χ2n) is 5.65. The van der Waals surface area contributed by atoms with Crippen LogP contribution >= 0.6 is 0 Å². The number of aryl methyl sites for hydroxylation is 1. The Hall–Kier alpha value is -2.36. The molecule has 1 atom stereocenters. The maximum Gasteiger partial charge on any atom is 0.313 e. The maximum absolute atomic E-state index is 11.7. The molecule has 0 radical (unpaired) electrons. The summed E-state index contributed by atoms with van der Waals surface area (Å²) in [5, 5.41) is 0. The van der Waals surface area contributed by atoms with Crippen molar-refractivity contribution in [3.63, 3.8) is 0 Å². The Bertz CT molecular complexity index is 635. The lowest BCUT2D eigenvalue weighted by atomic mass is 10.0. The monoisotopic (exact) mass is 327 g/mol. The van der Waals surface area contributed by atoms with E-state index in [0.29, 0.717) is 13.2 Å². The number of carbonyl (C=O) groups excluding carboxylic acids is 1. The molecule has 0 N–H and O–H groups in total. The summed E-state index contributed by atoms with van der Waals surface area (Å²) in [5.41, 5.74) is 3.20. The first-order valence-corrected chi connectivity index (χ1v) is 8.47. The van der Waals surface area contributed by atoms with Gasteiger partial charge >= 0.3 is 5.97 Å². The average molecular weight is 327 g/mol. The number of esters is 1. The zero-order valence-corrected chi connectivity index (χ0v) is 14.6. The predicted molar refractivity (Wildman–Crippen MR) is 94.3 cm³/mol. The molecular weight excluding hydrogens is 302 g/mol. The molecular formula is C20H25NO3. The highest BCUT2D eigenvalue weighted by Crippen LogP contribution is 2.20. The van der Waals surface area contributed by atoms with Gasteiger partial charge in [-0.1, -0.05) is 25.1 Å². The van der Waals surface area contributed by atoms with Crippen LogP contribution in [-0.4, -0.2) is 24.2 Å². The van der Waals surface area contributed by atoms with Crippen molar-refractivity contribution in [3.05, 3.63) is 59.4 Å². The first-order valence-electron chi connectivity index (χ1n) is 8.47. The van der Waals surface area contributed by atoms with E-state index in [0.717, 1.165) is 29.8 Å². The lowest BCUT2D eigenvalue weighted by molar-refractivity contribution is -0.144. The largest absolute Gasteiger partial charge is 0.493 e. The van der Waals surface area contributed by atoms with Crippen LogP contribution in [0.25, 0.3) is 0 Å². The highest BCUT2D eigenvalue weighted by molar-refractivity contribution is 5.77. The Morgan fingerprint density at radius 1 is 1.12 bits per heavy atom. The molecule has 0 spiro atoms. The summed E-state index contributed by atoms with van der Waals surface area (Å²) in [7, 11) is 0. The van der Waals surface area contributed by atoms with Crippen LogP contribution in [0, 0.1) is 0 Å². The quantitative estimate of drug-likeness (QED) is 0.689. The molecule has 1 aromatic heterocycles. The van der Waals surface area contributed by atoms with E-state index in [1.54, 1.807) is 0 Å². The molecule has 0 bridgehead atoms. The number of carbonyl (C=O) groups is 1. The Kier molecular flexibility index (Phi) is 6.79. The Morgan fingerprint density at radius 3 is 2.46 bits per heavy atom. The number of hydrogen-bond acceptors (Lipinski definition) is 4. The fraction of sp³-hybridized carbons (Fsp3) is 0.400. The van der Waals surface area contributed by atoms with E-state index in [1.165, 1.54) is 5.56 Å². The number of aromatic nitrogens is 1. The molecule has 24 heavy (non-hydrogen) atoms. The summed E-state index contributed by atoms with van der Waals surface area (Å²) >= 11 is 0. The number of nitrogens with zero attached hydrogens (tertiary/aromatic N) is 1. The maximum atomic E-state index is 11.7. The summed E-state index contributed by atoms with van der Waals surface area (Å²) in [6, 6.07) is 11.7. The third-order valence-electron chi connectivity index (χ3n) is 3.94. The highest BCUT2D eigenvalue weighted by Gasteiger charge is 2.16. The molecule has 2 rings (SSSR count). The van der Waals surface area contributed by atoms with Gasteiger partial charge in [0.1, 0.15) is 5.75 Å². The Morgan fingerprint density at radius 2 is 1.88 bits per heavy atom. The Labute approximate surface area is 143 Å². The molecule has 0 aliphatic heterocycles. The van der Waals surface area contributed by atoms with Crippen LogP contribution in [0.2, 0.25) is 0 Å². The fourth-order valence-corrected chi connectivity index (χ4v) is 2.34. The number of hydrogen-bond donors (Lipinski definition) is 0. The smallest absolute Gasteiger partial charge is 0.313 e. The highest BCUT2D eigenvalue weighted by atomic mass is 16.5. The summed E-state index contributed by atoms with van der Waals surface area (Å²) in [6.45, 7) is 6.75. The number of benzene rings is 1. The molecule has 4 heteroatoms. The van der Waals surface area contributed by atoms with Gasteiger partial charge in [0, 0.05) is 18.3 Å². The summed E-state index contributed by atoms with van der Waals surface area (Å²) in [4.78, 5) is 16.2. The van der Waals surface area contributed by atoms with Gasteiger partial charge < -0.3 is 9.47 Å². The van der Waals surface area contributed by atoms with Crippen LogP contribution < -0.4 is 4.74 Å². The third kappa shape index (κ3) is 5.08. The Balaban J connectivity index is 1.84. The average Bonchev–Trinajstić information content (AvgIpc) is 2.62. The second-order valence-corrected chi connectivity index (χ2v) is 5.65. The van der Waals surface area contributed by atoms with Crippen LogP contribution in [0.4, 0.5) is 0 Å². The molecule has 128 valence electrons. The van der Waals surface area contributed by atoms with Crippen molar-refractivity contribution in [3.8, 4) is 5.75 Å². The first kappa shape index (κ1) is 18.0.